The van der Waals surface area contributed by atoms with E-state index in [1.165, 1.54) is 28.4 Å². The summed E-state index contributed by atoms with van der Waals surface area (Å²) in [5.74, 6) is 0.593. The minimum absolute atomic E-state index is 0.230. The number of aliphatic imine (C=N–C) groups is 1. The Bertz CT molecular complexity index is 1050. The molecule has 0 N–H and O–H groups in total. The first kappa shape index (κ1) is 22.0. The minimum Gasteiger partial charge on any atom is -0.493 e. The predicted molar refractivity (Wildman–Crippen MR) is 124 cm³/mol. The van der Waals surface area contributed by atoms with E-state index in [2.05, 4.69) is 27.6 Å². The zero-order valence-corrected chi connectivity index (χ0v) is 18.9. The van der Waals surface area contributed by atoms with Crippen molar-refractivity contribution in [2.24, 2.45) is 4.99 Å². The molecule has 0 atom stereocenters. The molecule has 0 spiro atoms. The second kappa shape index (κ2) is 9.86. The second-order valence-electron chi connectivity index (χ2n) is 6.23. The first-order valence-electron chi connectivity index (χ1n) is 8.99. The van der Waals surface area contributed by atoms with Gasteiger partial charge in [-0.25, -0.2) is 4.39 Å². The van der Waals surface area contributed by atoms with Crippen molar-refractivity contribution >= 4 is 51.3 Å². The predicted octanol–water partition coefficient (Wildman–Crippen LogP) is 5.95. The van der Waals surface area contributed by atoms with E-state index in [0.29, 0.717) is 39.7 Å². The van der Waals surface area contributed by atoms with Crippen molar-refractivity contribution in [2.75, 3.05) is 31.0 Å². The zero-order chi connectivity index (χ0) is 21.7. The Kier molecular flexibility index (Phi) is 7.23. The number of benzene rings is 2. The quantitative estimate of drug-likeness (QED) is 0.289. The van der Waals surface area contributed by atoms with Gasteiger partial charge in [-0.05, 0) is 42.6 Å². The number of carbonyl (C=O) groups excluding carboxylic acids is 1. The van der Waals surface area contributed by atoms with Gasteiger partial charge < -0.3 is 14.4 Å². The van der Waals surface area contributed by atoms with Crippen LogP contribution in [-0.4, -0.2) is 38.7 Å². The van der Waals surface area contributed by atoms with Crippen LogP contribution in [0.2, 0.25) is 0 Å². The van der Waals surface area contributed by atoms with Crippen LogP contribution in [0.1, 0.15) is 9.67 Å². The van der Waals surface area contributed by atoms with Crippen LogP contribution < -0.4 is 14.4 Å². The number of hydrogen-bond donors (Lipinski definition) is 0. The smallest absolute Gasteiger partial charge is 0.270 e. The molecule has 2 aromatic carbocycles. The van der Waals surface area contributed by atoms with Gasteiger partial charge in [0.25, 0.3) is 5.91 Å². The Balaban J connectivity index is 1.90. The maximum absolute atomic E-state index is 13.2. The number of halogens is 2. The van der Waals surface area contributed by atoms with E-state index >= 15 is 0 Å². The van der Waals surface area contributed by atoms with E-state index in [9.17, 15) is 9.18 Å². The molecule has 0 aliphatic carbocycles. The van der Waals surface area contributed by atoms with E-state index in [4.69, 9.17) is 9.47 Å². The highest BCUT2D eigenvalue weighted by Gasteiger charge is 2.22. The van der Waals surface area contributed by atoms with Gasteiger partial charge in [0.05, 0.1) is 19.4 Å². The van der Waals surface area contributed by atoms with Gasteiger partial charge in [0, 0.05) is 29.0 Å². The third-order valence-electron chi connectivity index (χ3n) is 4.38. The molecule has 0 radical (unpaired) electrons. The Hall–Kier alpha value is -2.71. The first-order valence-corrected chi connectivity index (χ1v) is 10.9. The van der Waals surface area contributed by atoms with E-state index in [1.54, 1.807) is 50.6 Å². The van der Waals surface area contributed by atoms with Gasteiger partial charge in [-0.3, -0.25) is 9.79 Å². The molecule has 0 unspecified atom stereocenters. The number of hydrogen-bond acceptors (Lipinski definition) is 5. The highest BCUT2D eigenvalue weighted by molar-refractivity contribution is 9.09. The molecule has 0 saturated heterocycles. The van der Waals surface area contributed by atoms with Crippen molar-refractivity contribution in [3.63, 3.8) is 0 Å². The largest absolute Gasteiger partial charge is 0.493 e. The van der Waals surface area contributed by atoms with Crippen LogP contribution in [0.25, 0.3) is 10.4 Å². The molecule has 1 amide bonds. The number of nitrogens with zero attached hydrogens (tertiary/aromatic N) is 2. The highest BCUT2D eigenvalue weighted by atomic mass is 79.9. The van der Waals surface area contributed by atoms with Crippen molar-refractivity contribution in [1.29, 1.82) is 0 Å². The lowest BCUT2D eigenvalue weighted by Gasteiger charge is -2.19. The number of thiophene rings is 1. The van der Waals surface area contributed by atoms with Crippen LogP contribution in [0.15, 0.2) is 53.5 Å². The number of ether oxygens (including phenoxy) is 2. The van der Waals surface area contributed by atoms with Crippen LogP contribution in [-0.2, 0) is 0 Å². The summed E-state index contributed by atoms with van der Waals surface area (Å²) in [6, 6.07) is 13.2. The third-order valence-corrected chi connectivity index (χ3v) is 5.86. The summed E-state index contributed by atoms with van der Waals surface area (Å²) in [5.41, 5.74) is 1.94. The molecular formula is C22H20BrFN2O3S. The molecule has 8 heteroatoms. The number of anilines is 1. The molecule has 5 nitrogen and oxygen atoms in total. The number of methoxy groups -OCH3 is 1. The van der Waals surface area contributed by atoms with Crippen LogP contribution in [0.4, 0.5) is 15.8 Å². The summed E-state index contributed by atoms with van der Waals surface area (Å²) in [6.45, 7) is 4.08. The molecule has 0 aliphatic heterocycles. The number of carbonyl (C=O) groups is 1. The molecule has 30 heavy (non-hydrogen) atoms. The normalized spacial score (nSPS) is 10.5. The Morgan fingerprint density at radius 1 is 1.20 bits per heavy atom. The summed E-state index contributed by atoms with van der Waals surface area (Å²) in [4.78, 5) is 20.0. The summed E-state index contributed by atoms with van der Waals surface area (Å²) in [7, 11) is 3.23. The van der Waals surface area contributed by atoms with E-state index in [1.807, 2.05) is 0 Å². The van der Waals surface area contributed by atoms with E-state index in [-0.39, 0.29) is 11.7 Å². The van der Waals surface area contributed by atoms with E-state index < -0.39 is 0 Å². The highest BCUT2D eigenvalue weighted by Crippen LogP contribution is 2.38. The van der Waals surface area contributed by atoms with Gasteiger partial charge in [-0.15, -0.1) is 11.3 Å². The molecule has 0 bridgehead atoms. The first-order chi connectivity index (χ1) is 14.5. The number of rotatable bonds is 8. The van der Waals surface area contributed by atoms with Gasteiger partial charge in [0.1, 0.15) is 10.7 Å². The lowest BCUT2D eigenvalue weighted by Crippen LogP contribution is -2.25. The van der Waals surface area contributed by atoms with Crippen LogP contribution >= 0.6 is 27.3 Å². The Morgan fingerprint density at radius 3 is 2.57 bits per heavy atom. The van der Waals surface area contributed by atoms with Crippen molar-refractivity contribution < 1.29 is 18.7 Å². The standard InChI is InChI=1S/C22H20BrFN2O3S/c1-25-17-13-20(14-4-6-15(24)7-5-14)30-21(17)22(27)26(2)16-8-9-18(29-11-10-23)19(12-16)28-3/h4-9,12-13H,1,10-11H2,2-3H3. The summed E-state index contributed by atoms with van der Waals surface area (Å²) >= 11 is 4.61. The fraction of sp³-hybridized carbons (Fsp3) is 0.182. The van der Waals surface area contributed by atoms with Crippen molar-refractivity contribution in [3.8, 4) is 21.9 Å². The fourth-order valence-corrected chi connectivity index (χ4v) is 4.07. The minimum atomic E-state index is -0.314. The van der Waals surface area contributed by atoms with Gasteiger partial charge in [-0.2, -0.15) is 0 Å². The molecular weight excluding hydrogens is 471 g/mol. The number of amides is 1. The maximum atomic E-state index is 13.2. The average Bonchev–Trinajstić information content (AvgIpc) is 3.21. The molecule has 0 aliphatic rings. The summed E-state index contributed by atoms with van der Waals surface area (Å²) < 4.78 is 24.3. The van der Waals surface area contributed by atoms with E-state index in [0.717, 1.165) is 10.4 Å². The molecule has 1 heterocycles. The molecule has 0 fully saturated rings. The molecule has 1 aromatic heterocycles. The van der Waals surface area contributed by atoms with Crippen molar-refractivity contribution in [3.05, 3.63) is 59.2 Å². The lowest BCUT2D eigenvalue weighted by molar-refractivity contribution is 0.0997. The second-order valence-corrected chi connectivity index (χ2v) is 8.07. The Labute approximate surface area is 186 Å². The van der Waals surface area contributed by atoms with Crippen molar-refractivity contribution in [1.82, 2.24) is 0 Å². The molecule has 3 rings (SSSR count). The average molecular weight is 491 g/mol. The maximum Gasteiger partial charge on any atom is 0.270 e. The van der Waals surface area contributed by atoms with Gasteiger partial charge >= 0.3 is 0 Å². The zero-order valence-electron chi connectivity index (χ0n) is 16.5. The summed E-state index contributed by atoms with van der Waals surface area (Å²) in [6.07, 6.45) is 0. The van der Waals surface area contributed by atoms with Crippen LogP contribution in [0.5, 0.6) is 11.5 Å². The molecule has 0 saturated carbocycles. The van der Waals surface area contributed by atoms with Gasteiger partial charge in [0.2, 0.25) is 0 Å². The number of alkyl halides is 1. The Morgan fingerprint density at radius 2 is 1.93 bits per heavy atom. The van der Waals surface area contributed by atoms with Crippen LogP contribution in [0, 0.1) is 5.82 Å². The fourth-order valence-electron chi connectivity index (χ4n) is 2.81. The summed E-state index contributed by atoms with van der Waals surface area (Å²) in [5, 5.41) is 0.697. The third kappa shape index (κ3) is 4.71. The molecule has 156 valence electrons. The lowest BCUT2D eigenvalue weighted by atomic mass is 10.2. The topological polar surface area (TPSA) is 51.1 Å². The van der Waals surface area contributed by atoms with Gasteiger partial charge in [-0.1, -0.05) is 28.1 Å². The SMILES string of the molecule is C=Nc1cc(-c2ccc(F)cc2)sc1C(=O)N(C)c1ccc(OCCBr)c(OC)c1. The van der Waals surface area contributed by atoms with Gasteiger partial charge in [0.15, 0.2) is 11.5 Å². The molecule has 3 aromatic rings. The van der Waals surface area contributed by atoms with Crippen molar-refractivity contribution in [2.45, 2.75) is 0 Å². The van der Waals surface area contributed by atoms with Crippen LogP contribution in [0.3, 0.4) is 0 Å². The monoisotopic (exact) mass is 490 g/mol.